The molecule has 3 heteroatoms. The molecular formula is C16H26N2S. The number of nitrogens with zero attached hydrogens (tertiary/aromatic N) is 1. The number of rotatable bonds is 4. The maximum Gasteiger partial charge on any atom is 0.110 e. The molecule has 3 rings (SSSR count). The summed E-state index contributed by atoms with van der Waals surface area (Å²) in [5, 5.41) is 5.25. The van der Waals surface area contributed by atoms with E-state index in [2.05, 4.69) is 19.2 Å². The molecule has 0 spiro atoms. The molecule has 0 bridgehead atoms. The van der Waals surface area contributed by atoms with E-state index in [1.54, 1.807) is 0 Å². The standard InChI is InChI=1S/C16H26N2S/c1-11-12(2)19-16(17-11)15(18-14-9-10-14)13-7-5-3-4-6-8-13/h13-15,18H,3-10H2,1-2H3. The van der Waals surface area contributed by atoms with Gasteiger partial charge in [-0.15, -0.1) is 11.3 Å². The van der Waals surface area contributed by atoms with Crippen LogP contribution in [0.15, 0.2) is 0 Å². The Labute approximate surface area is 121 Å². The molecule has 19 heavy (non-hydrogen) atoms. The minimum atomic E-state index is 0.531. The van der Waals surface area contributed by atoms with E-state index < -0.39 is 0 Å². The highest BCUT2D eigenvalue weighted by Crippen LogP contribution is 2.38. The summed E-state index contributed by atoms with van der Waals surface area (Å²) in [5.41, 5.74) is 1.23. The average molecular weight is 278 g/mol. The Hall–Kier alpha value is -0.410. The zero-order chi connectivity index (χ0) is 13.2. The number of hydrogen-bond acceptors (Lipinski definition) is 3. The van der Waals surface area contributed by atoms with Gasteiger partial charge in [-0.2, -0.15) is 0 Å². The van der Waals surface area contributed by atoms with Gasteiger partial charge >= 0.3 is 0 Å². The number of aromatic nitrogens is 1. The lowest BCUT2D eigenvalue weighted by Crippen LogP contribution is -2.30. The van der Waals surface area contributed by atoms with Gasteiger partial charge in [0, 0.05) is 10.9 Å². The molecular weight excluding hydrogens is 252 g/mol. The lowest BCUT2D eigenvalue weighted by Gasteiger charge is -2.25. The van der Waals surface area contributed by atoms with E-state index in [-0.39, 0.29) is 0 Å². The lowest BCUT2D eigenvalue weighted by atomic mass is 9.92. The van der Waals surface area contributed by atoms with Crippen LogP contribution in [0.25, 0.3) is 0 Å². The van der Waals surface area contributed by atoms with E-state index in [9.17, 15) is 0 Å². The summed E-state index contributed by atoms with van der Waals surface area (Å²) in [6.45, 7) is 4.36. The summed E-state index contributed by atoms with van der Waals surface area (Å²) in [6.07, 6.45) is 11.2. The van der Waals surface area contributed by atoms with Gasteiger partial charge in [-0.1, -0.05) is 25.7 Å². The molecule has 0 saturated heterocycles. The topological polar surface area (TPSA) is 24.9 Å². The van der Waals surface area contributed by atoms with Crippen molar-refractivity contribution >= 4 is 11.3 Å². The number of hydrogen-bond donors (Lipinski definition) is 1. The second-order valence-electron chi connectivity index (χ2n) is 6.36. The zero-order valence-corrected chi connectivity index (χ0v) is 13.1. The van der Waals surface area contributed by atoms with E-state index in [1.807, 2.05) is 11.3 Å². The van der Waals surface area contributed by atoms with E-state index >= 15 is 0 Å². The van der Waals surface area contributed by atoms with Gasteiger partial charge in [-0.25, -0.2) is 4.98 Å². The van der Waals surface area contributed by atoms with Crippen LogP contribution < -0.4 is 5.32 Å². The smallest absolute Gasteiger partial charge is 0.110 e. The minimum absolute atomic E-state index is 0.531. The highest BCUT2D eigenvalue weighted by atomic mass is 32.1. The van der Waals surface area contributed by atoms with Crippen molar-refractivity contribution in [2.24, 2.45) is 5.92 Å². The molecule has 2 aliphatic carbocycles. The fourth-order valence-corrected chi connectivity index (χ4v) is 4.26. The van der Waals surface area contributed by atoms with Crippen molar-refractivity contribution in [3.8, 4) is 0 Å². The third-order valence-corrected chi connectivity index (χ3v) is 5.83. The second kappa shape index (κ2) is 5.92. The van der Waals surface area contributed by atoms with Crippen molar-refractivity contribution in [3.05, 3.63) is 15.6 Å². The molecule has 0 amide bonds. The third kappa shape index (κ3) is 3.38. The monoisotopic (exact) mass is 278 g/mol. The molecule has 1 atom stereocenters. The SMILES string of the molecule is Cc1nc(C(NC2CC2)C2CCCCCC2)sc1C. The average Bonchev–Trinajstić information content (AvgIpc) is 3.18. The molecule has 2 saturated carbocycles. The van der Waals surface area contributed by atoms with Gasteiger partial charge in [0.25, 0.3) is 0 Å². The van der Waals surface area contributed by atoms with Crippen LogP contribution in [0.3, 0.4) is 0 Å². The molecule has 2 nitrogen and oxygen atoms in total. The van der Waals surface area contributed by atoms with Crippen LogP contribution in [0.1, 0.15) is 73.0 Å². The van der Waals surface area contributed by atoms with Crippen molar-refractivity contribution in [2.45, 2.75) is 77.3 Å². The molecule has 0 aliphatic heterocycles. The second-order valence-corrected chi connectivity index (χ2v) is 7.60. The van der Waals surface area contributed by atoms with Crippen LogP contribution in [-0.2, 0) is 0 Å². The summed E-state index contributed by atoms with van der Waals surface area (Å²) in [5.74, 6) is 0.813. The minimum Gasteiger partial charge on any atom is -0.305 e. The van der Waals surface area contributed by atoms with Gasteiger partial charge in [0.2, 0.25) is 0 Å². The molecule has 0 radical (unpaired) electrons. The van der Waals surface area contributed by atoms with Gasteiger partial charge in [0.05, 0.1) is 11.7 Å². The van der Waals surface area contributed by atoms with E-state index in [4.69, 9.17) is 4.98 Å². The fraction of sp³-hybridized carbons (Fsp3) is 0.812. The molecule has 106 valence electrons. The predicted octanol–water partition coefficient (Wildman–Crippen LogP) is 4.52. The summed E-state index contributed by atoms with van der Waals surface area (Å²) in [6, 6.07) is 1.31. The van der Waals surface area contributed by atoms with Crippen LogP contribution >= 0.6 is 11.3 Å². The first-order valence-corrected chi connectivity index (χ1v) is 8.75. The van der Waals surface area contributed by atoms with Gasteiger partial charge in [0.1, 0.15) is 5.01 Å². The Morgan fingerprint density at radius 1 is 1.05 bits per heavy atom. The first-order chi connectivity index (χ1) is 9.24. The summed E-state index contributed by atoms with van der Waals surface area (Å²) >= 11 is 1.92. The number of thiazole rings is 1. The van der Waals surface area contributed by atoms with Crippen molar-refractivity contribution in [1.29, 1.82) is 0 Å². The highest BCUT2D eigenvalue weighted by Gasteiger charge is 2.32. The molecule has 1 aromatic heterocycles. The van der Waals surface area contributed by atoms with Crippen molar-refractivity contribution in [3.63, 3.8) is 0 Å². The molecule has 2 aliphatic rings. The number of nitrogens with one attached hydrogen (secondary N) is 1. The third-order valence-electron chi connectivity index (χ3n) is 4.67. The molecule has 2 fully saturated rings. The van der Waals surface area contributed by atoms with Crippen molar-refractivity contribution in [2.75, 3.05) is 0 Å². The summed E-state index contributed by atoms with van der Waals surface area (Å²) in [4.78, 5) is 6.25. The largest absolute Gasteiger partial charge is 0.305 e. The molecule has 1 aromatic rings. The Morgan fingerprint density at radius 2 is 1.74 bits per heavy atom. The Morgan fingerprint density at radius 3 is 2.26 bits per heavy atom. The molecule has 1 N–H and O–H groups in total. The van der Waals surface area contributed by atoms with Gasteiger partial charge in [0.15, 0.2) is 0 Å². The van der Waals surface area contributed by atoms with Crippen LogP contribution in [0.5, 0.6) is 0 Å². The Kier molecular flexibility index (Phi) is 4.23. The van der Waals surface area contributed by atoms with Crippen molar-refractivity contribution in [1.82, 2.24) is 10.3 Å². The van der Waals surface area contributed by atoms with E-state index in [0.29, 0.717) is 6.04 Å². The predicted molar refractivity (Wildman–Crippen MR) is 81.7 cm³/mol. The van der Waals surface area contributed by atoms with Crippen molar-refractivity contribution < 1.29 is 0 Å². The van der Waals surface area contributed by atoms with Crippen LogP contribution in [0.2, 0.25) is 0 Å². The maximum atomic E-state index is 4.85. The molecule has 0 aromatic carbocycles. The van der Waals surface area contributed by atoms with Gasteiger partial charge in [-0.3, -0.25) is 0 Å². The van der Waals surface area contributed by atoms with E-state index in [1.165, 1.54) is 66.9 Å². The van der Waals surface area contributed by atoms with Gasteiger partial charge in [-0.05, 0) is 45.4 Å². The highest BCUT2D eigenvalue weighted by molar-refractivity contribution is 7.11. The summed E-state index contributed by atoms with van der Waals surface area (Å²) < 4.78 is 0. The van der Waals surface area contributed by atoms with Gasteiger partial charge < -0.3 is 5.32 Å². The normalized spacial score (nSPS) is 23.3. The first-order valence-electron chi connectivity index (χ1n) is 7.94. The van der Waals surface area contributed by atoms with Crippen LogP contribution in [0.4, 0.5) is 0 Å². The lowest BCUT2D eigenvalue weighted by molar-refractivity contribution is 0.322. The zero-order valence-electron chi connectivity index (χ0n) is 12.2. The Balaban J connectivity index is 1.78. The fourth-order valence-electron chi connectivity index (χ4n) is 3.19. The summed E-state index contributed by atoms with van der Waals surface area (Å²) in [7, 11) is 0. The molecule has 1 heterocycles. The maximum absolute atomic E-state index is 4.85. The quantitative estimate of drug-likeness (QED) is 0.819. The van der Waals surface area contributed by atoms with Crippen LogP contribution in [0, 0.1) is 19.8 Å². The van der Waals surface area contributed by atoms with E-state index in [0.717, 1.165) is 12.0 Å². The first kappa shape index (κ1) is 13.6. The van der Waals surface area contributed by atoms with Crippen LogP contribution in [-0.4, -0.2) is 11.0 Å². The molecule has 1 unspecified atom stereocenters. The Bertz CT molecular complexity index is 395. The number of aryl methyl sites for hydroxylation is 2.